The molecule has 0 aliphatic rings. The number of ether oxygens (including phenoxy) is 2. The van der Waals surface area contributed by atoms with Crippen LogP contribution in [0.2, 0.25) is 0 Å². The van der Waals surface area contributed by atoms with Gasteiger partial charge >= 0.3 is 5.97 Å². The number of hydrogen-bond donors (Lipinski definition) is 2. The molecule has 3 N–H and O–H groups in total. The number of aliphatic carboxylic acids is 1. The van der Waals surface area contributed by atoms with Crippen molar-refractivity contribution < 1.29 is 23.8 Å². The monoisotopic (exact) mass is 487 g/mol. The Morgan fingerprint density at radius 3 is 2.64 bits per heavy atom. The maximum Gasteiger partial charge on any atom is 0.307 e. The zero-order valence-corrected chi connectivity index (χ0v) is 19.7. The van der Waals surface area contributed by atoms with E-state index >= 15 is 4.39 Å². The first-order valence-electron chi connectivity index (χ1n) is 11.4. The first-order valence-corrected chi connectivity index (χ1v) is 11.4. The first kappa shape index (κ1) is 24.8. The molecule has 0 amide bonds. The second kappa shape index (κ2) is 11.4. The average Bonchev–Trinajstić information content (AvgIpc) is 2.87. The highest BCUT2D eigenvalue weighted by molar-refractivity contribution is 5.71. The Morgan fingerprint density at radius 2 is 1.89 bits per heavy atom. The van der Waals surface area contributed by atoms with Crippen LogP contribution in [0.15, 0.2) is 79.3 Å². The summed E-state index contributed by atoms with van der Waals surface area (Å²) in [6.07, 6.45) is 2.92. The number of benzene rings is 3. The van der Waals surface area contributed by atoms with Crippen LogP contribution in [0.1, 0.15) is 35.3 Å². The van der Waals surface area contributed by atoms with Crippen LogP contribution in [0.5, 0.6) is 11.5 Å². The summed E-state index contributed by atoms with van der Waals surface area (Å²) >= 11 is 0. The largest absolute Gasteiger partial charge is 0.489 e. The lowest BCUT2D eigenvalue weighted by Crippen LogP contribution is -2.08. The van der Waals surface area contributed by atoms with E-state index in [1.165, 1.54) is 6.33 Å². The van der Waals surface area contributed by atoms with Crippen molar-refractivity contribution in [2.45, 2.75) is 32.6 Å². The smallest absolute Gasteiger partial charge is 0.307 e. The van der Waals surface area contributed by atoms with Gasteiger partial charge in [0.05, 0.1) is 12.1 Å². The number of halogens is 1. The van der Waals surface area contributed by atoms with E-state index in [1.54, 1.807) is 73.8 Å². The summed E-state index contributed by atoms with van der Waals surface area (Å²) in [6.45, 7) is 2.07. The Labute approximate surface area is 208 Å². The number of carboxylic acids is 1. The minimum atomic E-state index is -0.946. The maximum absolute atomic E-state index is 15.3. The van der Waals surface area contributed by atoms with Gasteiger partial charge in [-0.05, 0) is 48.4 Å². The molecule has 0 radical (unpaired) electrons. The van der Waals surface area contributed by atoms with Crippen molar-refractivity contribution in [1.29, 1.82) is 0 Å². The van der Waals surface area contributed by atoms with Gasteiger partial charge in [-0.2, -0.15) is 0 Å². The molecular weight excluding hydrogens is 461 g/mol. The highest BCUT2D eigenvalue weighted by Crippen LogP contribution is 2.32. The van der Waals surface area contributed by atoms with Crippen LogP contribution < -0.4 is 15.2 Å². The lowest BCUT2D eigenvalue weighted by molar-refractivity contribution is -0.136. The van der Waals surface area contributed by atoms with Gasteiger partial charge in [0.15, 0.2) is 0 Å². The third kappa shape index (κ3) is 6.22. The molecule has 3 aromatic carbocycles. The number of carboxylic acid groups (broad SMARTS) is 1. The lowest BCUT2D eigenvalue weighted by Gasteiger charge is -2.15. The SMILES string of the molecule is CC(N)c1cccc(-c2cc(COc3ccccc3CC(=O)O)cc(OCc3ccncn3)c2)c1F. The van der Waals surface area contributed by atoms with Gasteiger partial charge in [0.1, 0.15) is 36.9 Å². The third-order valence-electron chi connectivity index (χ3n) is 5.54. The van der Waals surface area contributed by atoms with E-state index in [-0.39, 0.29) is 25.5 Å². The average molecular weight is 488 g/mol. The van der Waals surface area contributed by atoms with Gasteiger partial charge in [-0.3, -0.25) is 4.79 Å². The molecule has 36 heavy (non-hydrogen) atoms. The fourth-order valence-corrected chi connectivity index (χ4v) is 3.78. The van der Waals surface area contributed by atoms with Gasteiger partial charge < -0.3 is 20.3 Å². The van der Waals surface area contributed by atoms with E-state index in [4.69, 9.17) is 15.2 Å². The summed E-state index contributed by atoms with van der Waals surface area (Å²) in [5.41, 5.74) is 9.36. The van der Waals surface area contributed by atoms with E-state index in [0.717, 1.165) is 5.56 Å². The van der Waals surface area contributed by atoms with Crippen molar-refractivity contribution in [3.05, 3.63) is 107 Å². The van der Waals surface area contributed by atoms with Gasteiger partial charge in [-0.15, -0.1) is 0 Å². The predicted octanol–water partition coefficient (Wildman–Crippen LogP) is 5.09. The molecule has 1 aromatic heterocycles. The van der Waals surface area contributed by atoms with Crippen LogP contribution in [0.25, 0.3) is 11.1 Å². The number of carbonyl (C=O) groups is 1. The predicted molar refractivity (Wildman–Crippen MR) is 133 cm³/mol. The fourth-order valence-electron chi connectivity index (χ4n) is 3.78. The number of nitrogens with zero attached hydrogens (tertiary/aromatic N) is 2. The lowest BCUT2D eigenvalue weighted by atomic mass is 9.97. The third-order valence-corrected chi connectivity index (χ3v) is 5.54. The second-order valence-corrected chi connectivity index (χ2v) is 8.32. The van der Waals surface area contributed by atoms with Crippen molar-refractivity contribution in [2.24, 2.45) is 5.73 Å². The summed E-state index contributed by atoms with van der Waals surface area (Å²) in [4.78, 5) is 19.3. The van der Waals surface area contributed by atoms with Gasteiger partial charge in [0.2, 0.25) is 0 Å². The molecule has 0 saturated heterocycles. The van der Waals surface area contributed by atoms with E-state index in [0.29, 0.717) is 39.4 Å². The van der Waals surface area contributed by atoms with E-state index in [1.807, 2.05) is 6.07 Å². The molecule has 0 aliphatic heterocycles. The molecule has 0 bridgehead atoms. The summed E-state index contributed by atoms with van der Waals surface area (Å²) in [5.74, 6) is -0.356. The number of nitrogens with two attached hydrogens (primary N) is 1. The molecule has 1 heterocycles. The standard InChI is InChI=1S/C28H26FN3O4/c1-18(30)24-6-4-7-25(28(24)29)21-11-19(12-23(13-21)35-16-22-9-10-31-17-32-22)15-36-26-8-3-2-5-20(26)14-27(33)34/h2-13,17-18H,14-16,30H2,1H3,(H,33,34). The molecule has 7 nitrogen and oxygen atoms in total. The number of hydrogen-bond acceptors (Lipinski definition) is 6. The fraction of sp³-hybridized carbons (Fsp3) is 0.179. The van der Waals surface area contributed by atoms with E-state index in [2.05, 4.69) is 9.97 Å². The van der Waals surface area contributed by atoms with Gasteiger partial charge in [-0.25, -0.2) is 14.4 Å². The van der Waals surface area contributed by atoms with Crippen molar-refractivity contribution in [1.82, 2.24) is 9.97 Å². The van der Waals surface area contributed by atoms with Crippen LogP contribution >= 0.6 is 0 Å². The molecule has 1 atom stereocenters. The van der Waals surface area contributed by atoms with Crippen LogP contribution in [0.3, 0.4) is 0 Å². The molecule has 184 valence electrons. The molecule has 0 aliphatic carbocycles. The van der Waals surface area contributed by atoms with E-state index < -0.39 is 12.0 Å². The number of aromatic nitrogens is 2. The molecule has 4 rings (SSSR count). The second-order valence-electron chi connectivity index (χ2n) is 8.32. The van der Waals surface area contributed by atoms with Crippen molar-refractivity contribution in [2.75, 3.05) is 0 Å². The van der Waals surface area contributed by atoms with Crippen LogP contribution in [-0.2, 0) is 24.4 Å². The Balaban J connectivity index is 1.66. The zero-order valence-electron chi connectivity index (χ0n) is 19.7. The highest BCUT2D eigenvalue weighted by Gasteiger charge is 2.15. The van der Waals surface area contributed by atoms with Crippen LogP contribution in [-0.4, -0.2) is 21.0 Å². The maximum atomic E-state index is 15.3. The topological polar surface area (TPSA) is 108 Å². The van der Waals surface area contributed by atoms with Gasteiger partial charge in [0.25, 0.3) is 0 Å². The van der Waals surface area contributed by atoms with Crippen LogP contribution in [0, 0.1) is 5.82 Å². The summed E-state index contributed by atoms with van der Waals surface area (Å²) < 4.78 is 27.3. The molecule has 1 unspecified atom stereocenters. The number of rotatable bonds is 10. The molecule has 0 saturated carbocycles. The van der Waals surface area contributed by atoms with Crippen molar-refractivity contribution >= 4 is 5.97 Å². The normalized spacial score (nSPS) is 11.6. The Morgan fingerprint density at radius 1 is 1.06 bits per heavy atom. The summed E-state index contributed by atoms with van der Waals surface area (Å²) in [5, 5.41) is 9.19. The van der Waals surface area contributed by atoms with Crippen molar-refractivity contribution in [3.8, 4) is 22.6 Å². The van der Waals surface area contributed by atoms with Crippen LogP contribution in [0.4, 0.5) is 4.39 Å². The van der Waals surface area contributed by atoms with E-state index in [9.17, 15) is 9.90 Å². The zero-order chi connectivity index (χ0) is 25.5. The Bertz CT molecular complexity index is 1350. The highest BCUT2D eigenvalue weighted by atomic mass is 19.1. The number of para-hydroxylation sites is 1. The first-order chi connectivity index (χ1) is 17.4. The minimum absolute atomic E-state index is 0.128. The van der Waals surface area contributed by atoms with Gasteiger partial charge in [-0.1, -0.05) is 36.4 Å². The summed E-state index contributed by atoms with van der Waals surface area (Å²) in [6, 6.07) is 18.8. The Hall–Kier alpha value is -4.30. The Kier molecular flexibility index (Phi) is 7.87. The molecule has 0 fully saturated rings. The molecule has 8 heteroatoms. The van der Waals surface area contributed by atoms with Crippen molar-refractivity contribution in [3.63, 3.8) is 0 Å². The molecular formula is C28H26FN3O4. The quantitative estimate of drug-likeness (QED) is 0.321. The minimum Gasteiger partial charge on any atom is -0.489 e. The molecule has 4 aromatic rings. The molecule has 0 spiro atoms. The summed E-state index contributed by atoms with van der Waals surface area (Å²) in [7, 11) is 0. The van der Waals surface area contributed by atoms with Gasteiger partial charge in [0, 0.05) is 28.9 Å².